The van der Waals surface area contributed by atoms with Gasteiger partial charge in [-0.25, -0.2) is 4.98 Å². The molecule has 0 unspecified atom stereocenters. The highest BCUT2D eigenvalue weighted by atomic mass is 79.9. The standard InChI is InChI=1S/C7H13BrN2Si/c1-10-5-9-6(8)7(10)11(2,3)4/h5H,1-4H3. The predicted octanol–water partition coefficient (Wildman–Crippen LogP) is 1.73. The lowest BCUT2D eigenvalue weighted by Gasteiger charge is -2.16. The number of imidazole rings is 1. The topological polar surface area (TPSA) is 17.8 Å². The van der Waals surface area contributed by atoms with Gasteiger partial charge in [0.05, 0.1) is 6.33 Å². The fourth-order valence-corrected chi connectivity index (χ4v) is 5.19. The van der Waals surface area contributed by atoms with Crippen LogP contribution in [0, 0.1) is 0 Å². The van der Waals surface area contributed by atoms with Gasteiger partial charge in [0.1, 0.15) is 12.7 Å². The Hall–Kier alpha value is -0.0931. The first kappa shape index (κ1) is 9.00. The first-order valence-corrected chi connectivity index (χ1v) is 7.89. The van der Waals surface area contributed by atoms with Crippen LogP contribution in [-0.4, -0.2) is 17.6 Å². The van der Waals surface area contributed by atoms with Crippen molar-refractivity contribution < 1.29 is 0 Å². The average Bonchev–Trinajstić information content (AvgIpc) is 2.08. The van der Waals surface area contributed by atoms with Crippen LogP contribution in [0.4, 0.5) is 0 Å². The maximum atomic E-state index is 4.20. The lowest BCUT2D eigenvalue weighted by molar-refractivity contribution is 0.934. The molecule has 0 bridgehead atoms. The van der Waals surface area contributed by atoms with Crippen LogP contribution in [0.5, 0.6) is 0 Å². The quantitative estimate of drug-likeness (QED) is 0.675. The molecule has 0 aliphatic heterocycles. The molecule has 0 fully saturated rings. The summed E-state index contributed by atoms with van der Waals surface area (Å²) in [5, 5.41) is 1.37. The Morgan fingerprint density at radius 2 is 2.00 bits per heavy atom. The van der Waals surface area contributed by atoms with Gasteiger partial charge in [0.15, 0.2) is 0 Å². The van der Waals surface area contributed by atoms with Crippen molar-refractivity contribution in [1.82, 2.24) is 9.55 Å². The van der Waals surface area contributed by atoms with Crippen molar-refractivity contribution >= 4 is 29.3 Å². The van der Waals surface area contributed by atoms with Crippen molar-refractivity contribution in [3.05, 3.63) is 10.9 Å². The smallest absolute Gasteiger partial charge is 0.122 e. The third-order valence-electron chi connectivity index (χ3n) is 1.60. The van der Waals surface area contributed by atoms with Gasteiger partial charge in [-0.05, 0) is 15.9 Å². The van der Waals surface area contributed by atoms with Crippen molar-refractivity contribution in [2.24, 2.45) is 7.05 Å². The molecule has 1 heterocycles. The van der Waals surface area contributed by atoms with Crippen molar-refractivity contribution in [3.63, 3.8) is 0 Å². The third-order valence-corrected chi connectivity index (χ3v) is 4.56. The van der Waals surface area contributed by atoms with Crippen LogP contribution in [0.25, 0.3) is 0 Å². The molecule has 1 aromatic heterocycles. The van der Waals surface area contributed by atoms with E-state index < -0.39 is 8.07 Å². The largest absolute Gasteiger partial charge is 0.340 e. The molecule has 0 radical (unpaired) electrons. The molecule has 1 aromatic rings. The zero-order valence-electron chi connectivity index (χ0n) is 7.35. The van der Waals surface area contributed by atoms with E-state index in [1.807, 2.05) is 13.4 Å². The summed E-state index contributed by atoms with van der Waals surface area (Å²) in [5.74, 6) is 0. The van der Waals surface area contributed by atoms with E-state index in [1.165, 1.54) is 5.32 Å². The zero-order chi connectivity index (χ0) is 8.65. The number of aryl methyl sites for hydroxylation is 1. The predicted molar refractivity (Wildman–Crippen MR) is 53.9 cm³/mol. The van der Waals surface area contributed by atoms with Crippen LogP contribution in [0.3, 0.4) is 0 Å². The normalized spacial score (nSPS) is 12.1. The van der Waals surface area contributed by atoms with Crippen molar-refractivity contribution in [2.45, 2.75) is 19.6 Å². The minimum atomic E-state index is -1.22. The minimum Gasteiger partial charge on any atom is -0.340 e. The number of nitrogens with zero attached hydrogens (tertiary/aromatic N) is 2. The van der Waals surface area contributed by atoms with E-state index in [2.05, 4.69) is 45.1 Å². The van der Waals surface area contributed by atoms with E-state index in [1.54, 1.807) is 0 Å². The average molecular weight is 233 g/mol. The van der Waals surface area contributed by atoms with E-state index in [-0.39, 0.29) is 0 Å². The van der Waals surface area contributed by atoms with Crippen LogP contribution in [0.2, 0.25) is 19.6 Å². The van der Waals surface area contributed by atoms with E-state index >= 15 is 0 Å². The van der Waals surface area contributed by atoms with Crippen LogP contribution in [0.15, 0.2) is 10.9 Å². The van der Waals surface area contributed by atoms with E-state index in [9.17, 15) is 0 Å². The Kier molecular flexibility index (Phi) is 2.25. The molecule has 0 aliphatic rings. The number of aromatic nitrogens is 2. The minimum absolute atomic E-state index is 1.01. The highest BCUT2D eigenvalue weighted by Gasteiger charge is 2.23. The van der Waals surface area contributed by atoms with Crippen LogP contribution < -0.4 is 5.32 Å². The summed E-state index contributed by atoms with van der Waals surface area (Å²) in [6.07, 6.45) is 1.86. The van der Waals surface area contributed by atoms with Crippen molar-refractivity contribution in [3.8, 4) is 0 Å². The molecule has 11 heavy (non-hydrogen) atoms. The van der Waals surface area contributed by atoms with Crippen molar-refractivity contribution in [2.75, 3.05) is 0 Å². The van der Waals surface area contributed by atoms with Gasteiger partial charge >= 0.3 is 0 Å². The second kappa shape index (κ2) is 2.75. The van der Waals surface area contributed by atoms with Gasteiger partial charge in [-0.2, -0.15) is 0 Å². The van der Waals surface area contributed by atoms with E-state index in [4.69, 9.17) is 0 Å². The molecule has 0 N–H and O–H groups in total. The lowest BCUT2D eigenvalue weighted by Crippen LogP contribution is -2.42. The molecule has 0 aromatic carbocycles. The highest BCUT2D eigenvalue weighted by molar-refractivity contribution is 9.10. The number of halogens is 1. The fraction of sp³-hybridized carbons (Fsp3) is 0.571. The molecule has 2 nitrogen and oxygen atoms in total. The van der Waals surface area contributed by atoms with Gasteiger partial charge in [-0.3, -0.25) is 0 Å². The summed E-state index contributed by atoms with van der Waals surface area (Å²) >= 11 is 3.46. The molecule has 1 rings (SSSR count). The van der Waals surface area contributed by atoms with Crippen LogP contribution in [-0.2, 0) is 7.05 Å². The maximum Gasteiger partial charge on any atom is 0.122 e. The van der Waals surface area contributed by atoms with Crippen LogP contribution >= 0.6 is 15.9 Å². The van der Waals surface area contributed by atoms with Crippen molar-refractivity contribution in [1.29, 1.82) is 0 Å². The zero-order valence-corrected chi connectivity index (χ0v) is 9.94. The van der Waals surface area contributed by atoms with E-state index in [0.29, 0.717) is 0 Å². The molecule has 62 valence electrons. The second-order valence-electron chi connectivity index (χ2n) is 3.74. The van der Waals surface area contributed by atoms with E-state index in [0.717, 1.165) is 4.60 Å². The Bertz CT molecular complexity index is 242. The van der Waals surface area contributed by atoms with Crippen LogP contribution in [0.1, 0.15) is 0 Å². The molecule has 0 spiro atoms. The van der Waals surface area contributed by atoms with Gasteiger partial charge in [0.25, 0.3) is 0 Å². The number of rotatable bonds is 1. The molecular formula is C7H13BrN2Si. The molecular weight excluding hydrogens is 220 g/mol. The fourth-order valence-electron chi connectivity index (χ4n) is 1.24. The third kappa shape index (κ3) is 1.73. The molecule has 0 saturated heterocycles. The second-order valence-corrected chi connectivity index (χ2v) is 9.47. The first-order valence-electron chi connectivity index (χ1n) is 3.60. The summed E-state index contributed by atoms with van der Waals surface area (Å²) in [6, 6.07) is 0. The maximum absolute atomic E-state index is 4.20. The SMILES string of the molecule is Cn1cnc(Br)c1[Si](C)(C)C. The Morgan fingerprint density at radius 1 is 1.45 bits per heavy atom. The highest BCUT2D eigenvalue weighted by Crippen LogP contribution is 2.09. The summed E-state index contributed by atoms with van der Waals surface area (Å²) in [5.41, 5.74) is 0. The van der Waals surface area contributed by atoms with Gasteiger partial charge in [0, 0.05) is 12.4 Å². The summed E-state index contributed by atoms with van der Waals surface area (Å²) in [4.78, 5) is 4.20. The first-order chi connectivity index (χ1) is 4.93. The molecule has 0 saturated carbocycles. The summed E-state index contributed by atoms with van der Waals surface area (Å²) < 4.78 is 3.12. The molecule has 4 heteroatoms. The number of hydrogen-bond acceptors (Lipinski definition) is 1. The summed E-state index contributed by atoms with van der Waals surface area (Å²) in [6.45, 7) is 6.94. The monoisotopic (exact) mass is 232 g/mol. The Balaban J connectivity index is 3.21. The van der Waals surface area contributed by atoms with Gasteiger partial charge < -0.3 is 4.57 Å². The molecule has 0 amide bonds. The van der Waals surface area contributed by atoms with Gasteiger partial charge in [-0.15, -0.1) is 0 Å². The number of hydrogen-bond donors (Lipinski definition) is 0. The molecule has 0 aliphatic carbocycles. The Labute approximate surface area is 76.8 Å². The van der Waals surface area contributed by atoms with Gasteiger partial charge in [0.2, 0.25) is 0 Å². The summed E-state index contributed by atoms with van der Waals surface area (Å²) in [7, 11) is 0.830. The Morgan fingerprint density at radius 3 is 2.18 bits per heavy atom. The van der Waals surface area contributed by atoms with Gasteiger partial charge in [-0.1, -0.05) is 19.6 Å². The lowest BCUT2D eigenvalue weighted by atomic mass is 10.9. The molecule has 0 atom stereocenters.